The predicted molar refractivity (Wildman–Crippen MR) is 68.2 cm³/mol. The molecule has 1 aromatic carbocycles. The van der Waals surface area contributed by atoms with E-state index in [1.807, 2.05) is 13.8 Å². The zero-order chi connectivity index (χ0) is 12.7. The molecule has 0 aliphatic rings. The third kappa shape index (κ3) is 4.44. The van der Waals surface area contributed by atoms with E-state index in [2.05, 4.69) is 5.32 Å². The molecule has 1 unspecified atom stereocenters. The molecule has 0 fully saturated rings. The van der Waals surface area contributed by atoms with Gasteiger partial charge < -0.3 is 15.8 Å². The fraction of sp³-hybridized carbons (Fsp3) is 0.462. The molecule has 17 heavy (non-hydrogen) atoms. The quantitative estimate of drug-likeness (QED) is 0.787. The van der Waals surface area contributed by atoms with Gasteiger partial charge >= 0.3 is 0 Å². The summed E-state index contributed by atoms with van der Waals surface area (Å²) in [5, 5.41) is 2.80. The van der Waals surface area contributed by atoms with E-state index in [1.165, 1.54) is 0 Å². The van der Waals surface area contributed by atoms with Crippen LogP contribution >= 0.6 is 0 Å². The predicted octanol–water partition coefficient (Wildman–Crippen LogP) is 1.55. The first-order valence-electron chi connectivity index (χ1n) is 5.94. The molecular weight excluding hydrogens is 216 g/mol. The van der Waals surface area contributed by atoms with Crippen molar-refractivity contribution in [3.8, 4) is 5.75 Å². The molecule has 0 saturated carbocycles. The third-order valence-corrected chi connectivity index (χ3v) is 2.48. The van der Waals surface area contributed by atoms with Crippen molar-refractivity contribution in [2.75, 3.05) is 13.2 Å². The van der Waals surface area contributed by atoms with Crippen LogP contribution in [-0.2, 0) is 0 Å². The Kier molecular flexibility index (Phi) is 5.49. The molecule has 3 N–H and O–H groups in total. The standard InChI is InChI=1S/C13H20N2O2/c1-3-11(14)9-15-13(16)10-5-7-12(8-6-10)17-4-2/h5-8,11H,3-4,9,14H2,1-2H3,(H,15,16). The second kappa shape index (κ2) is 6.91. The molecule has 0 heterocycles. The number of nitrogens with one attached hydrogen (secondary N) is 1. The maximum Gasteiger partial charge on any atom is 0.251 e. The van der Waals surface area contributed by atoms with Crippen molar-refractivity contribution in [1.82, 2.24) is 5.32 Å². The second-order valence-corrected chi connectivity index (χ2v) is 3.84. The van der Waals surface area contributed by atoms with Gasteiger partial charge in [-0.15, -0.1) is 0 Å². The Hall–Kier alpha value is -1.55. The Balaban J connectivity index is 2.51. The van der Waals surface area contributed by atoms with Gasteiger partial charge in [0.25, 0.3) is 5.91 Å². The smallest absolute Gasteiger partial charge is 0.251 e. The van der Waals surface area contributed by atoms with Crippen molar-refractivity contribution < 1.29 is 9.53 Å². The minimum absolute atomic E-state index is 0.0154. The molecule has 1 rings (SSSR count). The van der Waals surface area contributed by atoms with Crippen LogP contribution in [0.4, 0.5) is 0 Å². The molecule has 1 aromatic rings. The Morgan fingerprint density at radius 1 is 1.35 bits per heavy atom. The van der Waals surface area contributed by atoms with Crippen LogP contribution in [0.3, 0.4) is 0 Å². The summed E-state index contributed by atoms with van der Waals surface area (Å²) in [7, 11) is 0. The molecule has 4 heteroatoms. The summed E-state index contributed by atoms with van der Waals surface area (Å²) in [4.78, 5) is 11.7. The summed E-state index contributed by atoms with van der Waals surface area (Å²) in [5.41, 5.74) is 6.35. The lowest BCUT2D eigenvalue weighted by Gasteiger charge is -2.10. The van der Waals surface area contributed by atoms with Crippen LogP contribution in [0.5, 0.6) is 5.75 Å². The van der Waals surface area contributed by atoms with Gasteiger partial charge in [0.05, 0.1) is 6.61 Å². The summed E-state index contributed by atoms with van der Waals surface area (Å²) < 4.78 is 5.30. The van der Waals surface area contributed by atoms with E-state index in [1.54, 1.807) is 24.3 Å². The lowest BCUT2D eigenvalue weighted by Crippen LogP contribution is -2.36. The number of amides is 1. The third-order valence-electron chi connectivity index (χ3n) is 2.48. The van der Waals surface area contributed by atoms with Gasteiger partial charge in [-0.3, -0.25) is 4.79 Å². The minimum atomic E-state index is -0.100. The average Bonchev–Trinajstić information content (AvgIpc) is 2.36. The highest BCUT2D eigenvalue weighted by Gasteiger charge is 2.06. The highest BCUT2D eigenvalue weighted by Crippen LogP contribution is 2.11. The van der Waals surface area contributed by atoms with Crippen molar-refractivity contribution in [2.24, 2.45) is 5.73 Å². The van der Waals surface area contributed by atoms with Crippen LogP contribution in [0, 0.1) is 0 Å². The molecule has 0 aliphatic carbocycles. The normalized spacial score (nSPS) is 11.9. The van der Waals surface area contributed by atoms with Gasteiger partial charge in [0.1, 0.15) is 5.75 Å². The van der Waals surface area contributed by atoms with Crippen molar-refractivity contribution >= 4 is 5.91 Å². The van der Waals surface area contributed by atoms with Crippen molar-refractivity contribution in [2.45, 2.75) is 26.3 Å². The molecule has 1 amide bonds. The number of rotatable bonds is 6. The van der Waals surface area contributed by atoms with Crippen LogP contribution < -0.4 is 15.8 Å². The number of carbonyl (C=O) groups is 1. The Bertz CT molecular complexity index is 349. The summed E-state index contributed by atoms with van der Waals surface area (Å²) in [6.45, 7) is 5.04. The Labute approximate surface area is 102 Å². The number of hydrogen-bond donors (Lipinski definition) is 2. The van der Waals surface area contributed by atoms with Gasteiger partial charge in [-0.2, -0.15) is 0 Å². The number of ether oxygens (including phenoxy) is 1. The fourth-order valence-electron chi connectivity index (χ4n) is 1.34. The average molecular weight is 236 g/mol. The van der Waals surface area contributed by atoms with E-state index >= 15 is 0 Å². The lowest BCUT2D eigenvalue weighted by atomic mass is 10.2. The molecule has 1 atom stereocenters. The molecule has 0 spiro atoms. The largest absolute Gasteiger partial charge is 0.494 e. The molecule has 0 radical (unpaired) electrons. The summed E-state index contributed by atoms with van der Waals surface area (Å²) in [5.74, 6) is 0.672. The molecule has 4 nitrogen and oxygen atoms in total. The summed E-state index contributed by atoms with van der Waals surface area (Å²) in [6.07, 6.45) is 0.851. The van der Waals surface area contributed by atoms with Crippen LogP contribution in [0.1, 0.15) is 30.6 Å². The Morgan fingerprint density at radius 3 is 2.53 bits per heavy atom. The number of nitrogens with two attached hydrogens (primary N) is 1. The zero-order valence-electron chi connectivity index (χ0n) is 10.4. The summed E-state index contributed by atoms with van der Waals surface area (Å²) in [6, 6.07) is 7.09. The molecule has 94 valence electrons. The van der Waals surface area contributed by atoms with E-state index in [0.717, 1.165) is 12.2 Å². The summed E-state index contributed by atoms with van der Waals surface area (Å²) >= 11 is 0. The first kappa shape index (κ1) is 13.5. The topological polar surface area (TPSA) is 64.3 Å². The molecule has 0 aromatic heterocycles. The van der Waals surface area contributed by atoms with E-state index in [4.69, 9.17) is 10.5 Å². The van der Waals surface area contributed by atoms with E-state index in [9.17, 15) is 4.79 Å². The van der Waals surface area contributed by atoms with Crippen LogP contribution in [0.2, 0.25) is 0 Å². The molecular formula is C13H20N2O2. The maximum absolute atomic E-state index is 11.7. The first-order chi connectivity index (χ1) is 8.17. The van der Waals surface area contributed by atoms with Crippen LogP contribution in [0.25, 0.3) is 0 Å². The number of hydrogen-bond acceptors (Lipinski definition) is 3. The van der Waals surface area contributed by atoms with Crippen LogP contribution in [-0.4, -0.2) is 25.1 Å². The highest BCUT2D eigenvalue weighted by molar-refractivity contribution is 5.94. The van der Waals surface area contributed by atoms with Gasteiger partial charge in [0.15, 0.2) is 0 Å². The molecule has 0 aliphatic heterocycles. The van der Waals surface area contributed by atoms with E-state index in [0.29, 0.717) is 18.7 Å². The van der Waals surface area contributed by atoms with Crippen molar-refractivity contribution in [3.63, 3.8) is 0 Å². The van der Waals surface area contributed by atoms with Gasteiger partial charge in [-0.1, -0.05) is 6.92 Å². The van der Waals surface area contributed by atoms with Crippen molar-refractivity contribution in [1.29, 1.82) is 0 Å². The monoisotopic (exact) mass is 236 g/mol. The minimum Gasteiger partial charge on any atom is -0.494 e. The first-order valence-corrected chi connectivity index (χ1v) is 5.94. The van der Waals surface area contributed by atoms with Gasteiger partial charge in [0.2, 0.25) is 0 Å². The number of benzene rings is 1. The highest BCUT2D eigenvalue weighted by atomic mass is 16.5. The zero-order valence-corrected chi connectivity index (χ0v) is 10.4. The number of carbonyl (C=O) groups excluding carboxylic acids is 1. The Morgan fingerprint density at radius 2 is 2.00 bits per heavy atom. The SMILES string of the molecule is CCOc1ccc(C(=O)NCC(N)CC)cc1. The van der Waals surface area contributed by atoms with Crippen LogP contribution in [0.15, 0.2) is 24.3 Å². The fourth-order valence-corrected chi connectivity index (χ4v) is 1.34. The maximum atomic E-state index is 11.7. The van der Waals surface area contributed by atoms with Gasteiger partial charge in [-0.25, -0.2) is 0 Å². The lowest BCUT2D eigenvalue weighted by molar-refractivity contribution is 0.0951. The van der Waals surface area contributed by atoms with E-state index < -0.39 is 0 Å². The van der Waals surface area contributed by atoms with Gasteiger partial charge in [-0.05, 0) is 37.6 Å². The van der Waals surface area contributed by atoms with E-state index in [-0.39, 0.29) is 11.9 Å². The molecule has 0 bridgehead atoms. The van der Waals surface area contributed by atoms with Crippen molar-refractivity contribution in [3.05, 3.63) is 29.8 Å². The van der Waals surface area contributed by atoms with Gasteiger partial charge in [0, 0.05) is 18.2 Å². The molecule has 0 saturated heterocycles. The second-order valence-electron chi connectivity index (χ2n) is 3.84.